The van der Waals surface area contributed by atoms with Crippen LogP contribution in [0.15, 0.2) is 70.3 Å². The van der Waals surface area contributed by atoms with Gasteiger partial charge in [-0.2, -0.15) is 0 Å². The minimum atomic E-state index is -0.648. The van der Waals surface area contributed by atoms with Gasteiger partial charge in [-0.05, 0) is 56.3 Å². The van der Waals surface area contributed by atoms with Gasteiger partial charge in [0.05, 0.1) is 37.4 Å². The van der Waals surface area contributed by atoms with E-state index in [2.05, 4.69) is 5.32 Å². The molecule has 186 valence electrons. The summed E-state index contributed by atoms with van der Waals surface area (Å²) in [5, 5.41) is 3.00. The number of carbonyl (C=O) groups excluding carboxylic acids is 1. The van der Waals surface area contributed by atoms with Crippen LogP contribution in [0, 0.1) is 6.92 Å². The summed E-state index contributed by atoms with van der Waals surface area (Å²) >= 11 is 0. The number of hydrogen-bond donors (Lipinski definition) is 1. The largest absolute Gasteiger partial charge is 0.494 e. The van der Waals surface area contributed by atoms with Gasteiger partial charge >= 0.3 is 5.69 Å². The highest BCUT2D eigenvalue weighted by molar-refractivity contribution is 5.92. The number of nitrogens with zero attached hydrogens (tertiary/aromatic N) is 2. The molecule has 36 heavy (non-hydrogen) atoms. The molecule has 0 spiro atoms. The summed E-state index contributed by atoms with van der Waals surface area (Å²) in [6, 6.07) is 17.0. The highest BCUT2D eigenvalue weighted by atomic mass is 16.5. The number of amides is 1. The van der Waals surface area contributed by atoms with E-state index in [1.165, 1.54) is 30.9 Å². The van der Waals surface area contributed by atoms with E-state index in [-0.39, 0.29) is 17.4 Å². The molecule has 0 aliphatic heterocycles. The second-order valence-electron chi connectivity index (χ2n) is 8.07. The van der Waals surface area contributed by atoms with E-state index in [4.69, 9.17) is 14.2 Å². The molecule has 0 saturated heterocycles. The van der Waals surface area contributed by atoms with E-state index in [0.717, 1.165) is 10.1 Å². The number of methoxy groups -OCH3 is 2. The summed E-state index contributed by atoms with van der Waals surface area (Å²) in [4.78, 5) is 40.1. The zero-order chi connectivity index (χ0) is 25.8. The summed E-state index contributed by atoms with van der Waals surface area (Å²) < 4.78 is 18.5. The van der Waals surface area contributed by atoms with Gasteiger partial charge in [0.25, 0.3) is 5.56 Å². The average Bonchev–Trinajstić information content (AvgIpc) is 2.88. The number of fused-ring (bicyclic) bond motifs is 1. The first-order valence-corrected chi connectivity index (χ1v) is 11.4. The van der Waals surface area contributed by atoms with Crippen LogP contribution in [0.3, 0.4) is 0 Å². The second-order valence-corrected chi connectivity index (χ2v) is 8.07. The summed E-state index contributed by atoms with van der Waals surface area (Å²) in [6.45, 7) is 4.00. The lowest BCUT2D eigenvalue weighted by Gasteiger charge is -2.16. The summed E-state index contributed by atoms with van der Waals surface area (Å²) in [5.41, 5.74) is 1.01. The monoisotopic (exact) mass is 489 g/mol. The predicted molar refractivity (Wildman–Crippen MR) is 138 cm³/mol. The molecule has 3 aromatic carbocycles. The third-order valence-electron chi connectivity index (χ3n) is 5.69. The van der Waals surface area contributed by atoms with Gasteiger partial charge in [0.2, 0.25) is 5.91 Å². The predicted octanol–water partition coefficient (Wildman–Crippen LogP) is 3.52. The number of aromatic nitrogens is 2. The molecular formula is C27H27N3O6. The minimum absolute atomic E-state index is 0.210. The van der Waals surface area contributed by atoms with E-state index < -0.39 is 17.2 Å². The van der Waals surface area contributed by atoms with Gasteiger partial charge in [-0.3, -0.25) is 14.2 Å². The van der Waals surface area contributed by atoms with Crippen molar-refractivity contribution in [3.63, 3.8) is 0 Å². The van der Waals surface area contributed by atoms with Crippen LogP contribution in [-0.2, 0) is 11.3 Å². The molecule has 1 aromatic heterocycles. The number of anilines is 1. The van der Waals surface area contributed by atoms with E-state index in [1.54, 1.807) is 36.4 Å². The van der Waals surface area contributed by atoms with Crippen LogP contribution in [0.5, 0.6) is 17.2 Å². The normalized spacial score (nSPS) is 10.8. The standard InChI is InChI=1S/C27H27N3O6/c1-5-36-20-12-8-18(9-13-20)28-25(31)16-29-22-15-24(35-4)23(34-3)14-21(22)26(32)30(27(29)33)19-10-6-17(2)7-11-19/h6-15H,5,16H2,1-4H3,(H,28,31). The third-order valence-corrected chi connectivity index (χ3v) is 5.69. The number of hydrogen-bond acceptors (Lipinski definition) is 6. The molecule has 0 saturated carbocycles. The van der Waals surface area contributed by atoms with Crippen molar-refractivity contribution in [3.05, 3.63) is 87.1 Å². The molecule has 4 aromatic rings. The van der Waals surface area contributed by atoms with Crippen molar-refractivity contribution < 1.29 is 19.0 Å². The quantitative estimate of drug-likeness (QED) is 0.407. The van der Waals surface area contributed by atoms with Gasteiger partial charge in [-0.25, -0.2) is 9.36 Å². The Bertz CT molecular complexity index is 1520. The van der Waals surface area contributed by atoms with Crippen LogP contribution in [0.2, 0.25) is 0 Å². The van der Waals surface area contributed by atoms with Gasteiger partial charge < -0.3 is 19.5 Å². The van der Waals surface area contributed by atoms with Crippen LogP contribution in [0.1, 0.15) is 12.5 Å². The highest BCUT2D eigenvalue weighted by Gasteiger charge is 2.19. The van der Waals surface area contributed by atoms with Crippen LogP contribution in [0.4, 0.5) is 5.69 Å². The van der Waals surface area contributed by atoms with Crippen molar-refractivity contribution in [2.45, 2.75) is 20.4 Å². The van der Waals surface area contributed by atoms with Gasteiger partial charge in [0, 0.05) is 11.8 Å². The first kappa shape index (κ1) is 24.6. The molecule has 0 radical (unpaired) electrons. The number of nitrogens with one attached hydrogen (secondary N) is 1. The molecule has 9 heteroatoms. The molecule has 0 aliphatic rings. The fraction of sp³-hybridized carbons (Fsp3) is 0.222. The lowest BCUT2D eigenvalue weighted by Crippen LogP contribution is -2.40. The lowest BCUT2D eigenvalue weighted by atomic mass is 10.2. The van der Waals surface area contributed by atoms with Crippen molar-refractivity contribution >= 4 is 22.5 Å². The van der Waals surface area contributed by atoms with E-state index in [0.29, 0.717) is 35.2 Å². The number of benzene rings is 3. The van der Waals surface area contributed by atoms with Gasteiger partial charge in [0.15, 0.2) is 11.5 Å². The van der Waals surface area contributed by atoms with E-state index >= 15 is 0 Å². The second kappa shape index (κ2) is 10.4. The Morgan fingerprint density at radius 2 is 1.56 bits per heavy atom. The fourth-order valence-electron chi connectivity index (χ4n) is 3.91. The first-order chi connectivity index (χ1) is 17.4. The van der Waals surface area contributed by atoms with Crippen LogP contribution in [0.25, 0.3) is 16.6 Å². The molecule has 0 aliphatic carbocycles. The van der Waals surface area contributed by atoms with Crippen LogP contribution < -0.4 is 30.8 Å². The number of rotatable bonds is 8. The van der Waals surface area contributed by atoms with E-state index in [1.807, 2.05) is 26.0 Å². The Morgan fingerprint density at radius 1 is 0.917 bits per heavy atom. The van der Waals surface area contributed by atoms with Gasteiger partial charge in [-0.15, -0.1) is 0 Å². The number of ether oxygens (including phenoxy) is 3. The van der Waals surface area contributed by atoms with Gasteiger partial charge in [-0.1, -0.05) is 17.7 Å². The molecule has 0 fully saturated rings. The maximum absolute atomic E-state index is 13.6. The molecular weight excluding hydrogens is 462 g/mol. The molecule has 1 heterocycles. The topological polar surface area (TPSA) is 101 Å². The molecule has 4 rings (SSSR count). The maximum atomic E-state index is 13.6. The summed E-state index contributed by atoms with van der Waals surface area (Å²) in [5.74, 6) is 0.912. The van der Waals surface area contributed by atoms with Crippen molar-refractivity contribution in [3.8, 4) is 22.9 Å². The first-order valence-electron chi connectivity index (χ1n) is 11.4. The highest BCUT2D eigenvalue weighted by Crippen LogP contribution is 2.30. The molecule has 1 N–H and O–H groups in total. The van der Waals surface area contributed by atoms with E-state index in [9.17, 15) is 14.4 Å². The van der Waals surface area contributed by atoms with Crippen molar-refractivity contribution in [1.82, 2.24) is 9.13 Å². The van der Waals surface area contributed by atoms with Crippen LogP contribution >= 0.6 is 0 Å². The van der Waals surface area contributed by atoms with Crippen molar-refractivity contribution in [2.75, 3.05) is 26.1 Å². The van der Waals surface area contributed by atoms with Crippen LogP contribution in [-0.4, -0.2) is 35.9 Å². The Labute approximate surface area is 207 Å². The maximum Gasteiger partial charge on any atom is 0.336 e. The molecule has 9 nitrogen and oxygen atoms in total. The smallest absolute Gasteiger partial charge is 0.336 e. The SMILES string of the molecule is CCOc1ccc(NC(=O)Cn2c(=O)n(-c3ccc(C)cc3)c(=O)c3cc(OC)c(OC)cc32)cc1. The molecule has 0 atom stereocenters. The average molecular weight is 490 g/mol. The molecule has 0 bridgehead atoms. The molecule has 1 amide bonds. The lowest BCUT2D eigenvalue weighted by molar-refractivity contribution is -0.116. The Kier molecular flexibility index (Phi) is 7.10. The third kappa shape index (κ3) is 4.81. The Morgan fingerprint density at radius 3 is 2.17 bits per heavy atom. The number of carbonyl (C=O) groups is 1. The zero-order valence-corrected chi connectivity index (χ0v) is 20.5. The van der Waals surface area contributed by atoms with Gasteiger partial charge in [0.1, 0.15) is 12.3 Å². The Balaban J connectivity index is 1.83. The minimum Gasteiger partial charge on any atom is -0.494 e. The van der Waals surface area contributed by atoms with Crippen molar-refractivity contribution in [1.29, 1.82) is 0 Å². The fourth-order valence-corrected chi connectivity index (χ4v) is 3.91. The number of aryl methyl sites for hydroxylation is 1. The van der Waals surface area contributed by atoms with Crippen molar-refractivity contribution in [2.24, 2.45) is 0 Å². The molecule has 0 unspecified atom stereocenters. The summed E-state index contributed by atoms with van der Waals surface area (Å²) in [7, 11) is 2.92. The zero-order valence-electron chi connectivity index (χ0n) is 20.5. The summed E-state index contributed by atoms with van der Waals surface area (Å²) in [6.07, 6.45) is 0. The Hall–Kier alpha value is -4.53.